The predicted octanol–water partition coefficient (Wildman–Crippen LogP) is 2.48. The van der Waals surface area contributed by atoms with Crippen molar-refractivity contribution >= 4 is 23.5 Å². The van der Waals surface area contributed by atoms with Gasteiger partial charge in [0, 0.05) is 18.8 Å². The predicted molar refractivity (Wildman–Crippen MR) is 103 cm³/mol. The van der Waals surface area contributed by atoms with Gasteiger partial charge in [-0.25, -0.2) is 9.18 Å². The van der Waals surface area contributed by atoms with E-state index in [9.17, 15) is 18.8 Å². The molecule has 1 N–H and O–H groups in total. The van der Waals surface area contributed by atoms with E-state index < -0.39 is 11.8 Å². The van der Waals surface area contributed by atoms with Gasteiger partial charge in [-0.1, -0.05) is 12.1 Å². The van der Waals surface area contributed by atoms with Gasteiger partial charge in [0.25, 0.3) is 5.91 Å². The van der Waals surface area contributed by atoms with E-state index in [-0.39, 0.29) is 43.2 Å². The summed E-state index contributed by atoms with van der Waals surface area (Å²) in [6, 6.07) is 12.2. The first-order valence-electron chi connectivity index (χ1n) is 9.21. The molecule has 2 amide bonds. The Hall–Kier alpha value is -3.42. The molecule has 1 heterocycles. The molecule has 0 aromatic heterocycles. The zero-order valence-electron chi connectivity index (χ0n) is 15.9. The number of hydrogen-bond acceptors (Lipinski definition) is 5. The second kappa shape index (κ2) is 9.18. The topological polar surface area (TPSA) is 84.9 Å². The quantitative estimate of drug-likeness (QED) is 0.722. The number of carbonyl (C=O) groups is 3. The molecule has 3 rings (SSSR count). The third kappa shape index (κ3) is 5.10. The fourth-order valence-electron chi connectivity index (χ4n) is 2.79. The number of nitrogens with one attached hydrogen (secondary N) is 1. The fourth-order valence-corrected chi connectivity index (χ4v) is 2.79. The Morgan fingerprint density at radius 3 is 2.45 bits per heavy atom. The third-order valence-corrected chi connectivity index (χ3v) is 4.46. The number of ether oxygens (including phenoxy) is 2. The molecular formula is C21H21FN2O5. The smallest absolute Gasteiger partial charge is 0.338 e. The van der Waals surface area contributed by atoms with Crippen LogP contribution in [0.4, 0.5) is 10.1 Å². The van der Waals surface area contributed by atoms with Crippen molar-refractivity contribution in [3.05, 3.63) is 59.9 Å². The number of halogens is 1. The second-order valence-corrected chi connectivity index (χ2v) is 6.50. The van der Waals surface area contributed by atoms with Crippen LogP contribution >= 0.6 is 0 Å². The molecule has 152 valence electrons. The number of esters is 1. The average Bonchev–Trinajstić information content (AvgIpc) is 2.67. The normalized spacial score (nSPS) is 13.4. The Bertz CT molecular complexity index is 894. The molecule has 0 bridgehead atoms. The van der Waals surface area contributed by atoms with Crippen LogP contribution in [0.15, 0.2) is 48.5 Å². The lowest BCUT2D eigenvalue weighted by Gasteiger charge is -2.38. The summed E-state index contributed by atoms with van der Waals surface area (Å²) in [6.45, 7) is 2.27. The minimum atomic E-state index is -0.532. The number of carbonyl (C=O) groups excluding carboxylic acids is 3. The summed E-state index contributed by atoms with van der Waals surface area (Å²) in [6.07, 6.45) is 0. The standard InChI is InChI=1S/C21H21FN2O5/c1-2-28-21(27)14-7-9-16(10-8-14)23-20(26)15-11-24(12-15)19(25)13-29-18-6-4-3-5-17(18)22/h3-10,15H,2,11-13H2,1H3,(H,23,26). The lowest BCUT2D eigenvalue weighted by Crippen LogP contribution is -2.55. The molecule has 1 aliphatic rings. The Morgan fingerprint density at radius 1 is 1.10 bits per heavy atom. The number of nitrogens with zero attached hydrogens (tertiary/aromatic N) is 1. The SMILES string of the molecule is CCOC(=O)c1ccc(NC(=O)C2CN(C(=O)COc3ccccc3F)C2)cc1. The minimum Gasteiger partial charge on any atom is -0.481 e. The Balaban J connectivity index is 1.43. The Labute approximate surface area is 167 Å². The van der Waals surface area contributed by atoms with Crippen LogP contribution in [0.1, 0.15) is 17.3 Å². The largest absolute Gasteiger partial charge is 0.481 e. The van der Waals surface area contributed by atoms with Gasteiger partial charge in [-0.15, -0.1) is 0 Å². The number of benzene rings is 2. The van der Waals surface area contributed by atoms with Crippen LogP contribution in [0.5, 0.6) is 5.75 Å². The summed E-state index contributed by atoms with van der Waals surface area (Å²) in [5.41, 5.74) is 0.954. The van der Waals surface area contributed by atoms with Crippen molar-refractivity contribution in [1.82, 2.24) is 4.90 Å². The summed E-state index contributed by atoms with van der Waals surface area (Å²) < 4.78 is 23.6. The number of hydrogen-bond donors (Lipinski definition) is 1. The van der Waals surface area contributed by atoms with Crippen LogP contribution < -0.4 is 10.1 Å². The van der Waals surface area contributed by atoms with Crippen molar-refractivity contribution in [2.75, 3.05) is 31.6 Å². The molecule has 1 fully saturated rings. The molecule has 2 aromatic rings. The van der Waals surface area contributed by atoms with Crippen LogP contribution in [0.3, 0.4) is 0 Å². The summed E-state index contributed by atoms with van der Waals surface area (Å²) in [7, 11) is 0. The highest BCUT2D eigenvalue weighted by atomic mass is 19.1. The minimum absolute atomic E-state index is 0.0157. The van der Waals surface area contributed by atoms with E-state index in [1.807, 2.05) is 0 Å². The maximum Gasteiger partial charge on any atom is 0.338 e. The van der Waals surface area contributed by atoms with Crippen molar-refractivity contribution in [1.29, 1.82) is 0 Å². The van der Waals surface area contributed by atoms with Gasteiger partial charge >= 0.3 is 5.97 Å². The second-order valence-electron chi connectivity index (χ2n) is 6.50. The van der Waals surface area contributed by atoms with Crippen LogP contribution in [-0.4, -0.2) is 49.0 Å². The van der Waals surface area contributed by atoms with Crippen molar-refractivity contribution in [3.8, 4) is 5.75 Å². The Kier molecular flexibility index (Phi) is 6.43. The molecule has 0 atom stereocenters. The maximum atomic E-state index is 13.5. The van der Waals surface area contributed by atoms with Crippen molar-refractivity contribution in [3.63, 3.8) is 0 Å². The third-order valence-electron chi connectivity index (χ3n) is 4.46. The maximum absolute atomic E-state index is 13.5. The number of anilines is 1. The van der Waals surface area contributed by atoms with Crippen molar-refractivity contribution < 1.29 is 28.2 Å². The van der Waals surface area contributed by atoms with E-state index in [0.29, 0.717) is 17.9 Å². The molecule has 0 saturated carbocycles. The van der Waals surface area contributed by atoms with Gasteiger partial charge < -0.3 is 19.7 Å². The lowest BCUT2D eigenvalue weighted by atomic mass is 9.99. The zero-order valence-corrected chi connectivity index (χ0v) is 15.9. The van der Waals surface area contributed by atoms with Crippen LogP contribution in [-0.2, 0) is 14.3 Å². The van der Waals surface area contributed by atoms with Gasteiger partial charge in [0.15, 0.2) is 18.2 Å². The number of para-hydroxylation sites is 1. The number of amides is 2. The van der Waals surface area contributed by atoms with Crippen molar-refractivity contribution in [2.45, 2.75) is 6.92 Å². The molecular weight excluding hydrogens is 379 g/mol. The van der Waals surface area contributed by atoms with Gasteiger partial charge in [0.05, 0.1) is 18.1 Å². The molecule has 0 radical (unpaired) electrons. The highest BCUT2D eigenvalue weighted by Crippen LogP contribution is 2.20. The van der Waals surface area contributed by atoms with E-state index in [2.05, 4.69) is 5.32 Å². The first-order valence-corrected chi connectivity index (χ1v) is 9.21. The number of likely N-dealkylation sites (tertiary alicyclic amines) is 1. The van der Waals surface area contributed by atoms with Gasteiger partial charge in [-0.3, -0.25) is 9.59 Å². The van der Waals surface area contributed by atoms with Gasteiger partial charge in [-0.05, 0) is 43.3 Å². The molecule has 1 saturated heterocycles. The highest BCUT2D eigenvalue weighted by Gasteiger charge is 2.35. The van der Waals surface area contributed by atoms with Crippen LogP contribution in [0, 0.1) is 11.7 Å². The zero-order chi connectivity index (χ0) is 20.8. The average molecular weight is 400 g/mol. The molecule has 2 aromatic carbocycles. The van der Waals surface area contributed by atoms with E-state index >= 15 is 0 Å². The summed E-state index contributed by atoms with van der Waals surface area (Å²) in [4.78, 5) is 37.5. The molecule has 7 nitrogen and oxygen atoms in total. The van der Waals surface area contributed by atoms with E-state index in [1.165, 1.54) is 23.1 Å². The van der Waals surface area contributed by atoms with E-state index in [1.54, 1.807) is 37.3 Å². The molecule has 0 aliphatic carbocycles. The molecule has 8 heteroatoms. The number of rotatable bonds is 7. The van der Waals surface area contributed by atoms with Crippen molar-refractivity contribution in [2.24, 2.45) is 5.92 Å². The van der Waals surface area contributed by atoms with Gasteiger partial charge in [0.2, 0.25) is 5.91 Å². The molecule has 0 spiro atoms. The fraction of sp³-hybridized carbons (Fsp3) is 0.286. The lowest BCUT2D eigenvalue weighted by molar-refractivity contribution is -0.143. The van der Waals surface area contributed by atoms with Crippen LogP contribution in [0.2, 0.25) is 0 Å². The van der Waals surface area contributed by atoms with Crippen LogP contribution in [0.25, 0.3) is 0 Å². The summed E-state index contributed by atoms with van der Waals surface area (Å²) in [5.74, 6) is -1.80. The highest BCUT2D eigenvalue weighted by molar-refractivity contribution is 5.95. The summed E-state index contributed by atoms with van der Waals surface area (Å²) >= 11 is 0. The Morgan fingerprint density at radius 2 is 1.79 bits per heavy atom. The first kappa shape index (κ1) is 20.3. The van der Waals surface area contributed by atoms with E-state index in [0.717, 1.165) is 0 Å². The monoisotopic (exact) mass is 400 g/mol. The first-order chi connectivity index (χ1) is 14.0. The molecule has 0 unspecified atom stereocenters. The van der Waals surface area contributed by atoms with Gasteiger partial charge in [-0.2, -0.15) is 0 Å². The summed E-state index contributed by atoms with van der Waals surface area (Å²) in [5, 5.41) is 2.76. The van der Waals surface area contributed by atoms with E-state index in [4.69, 9.17) is 9.47 Å². The molecule has 29 heavy (non-hydrogen) atoms. The van der Waals surface area contributed by atoms with Gasteiger partial charge in [0.1, 0.15) is 0 Å². The molecule has 1 aliphatic heterocycles.